The van der Waals surface area contributed by atoms with E-state index in [4.69, 9.17) is 0 Å². The van der Waals surface area contributed by atoms with Gasteiger partial charge in [-0.15, -0.1) is 11.8 Å². The molecule has 1 aromatic carbocycles. The zero-order valence-corrected chi connectivity index (χ0v) is 13.9. The van der Waals surface area contributed by atoms with Crippen LogP contribution >= 0.6 is 27.7 Å². The molecular weight excluding hydrogens is 320 g/mol. The molecule has 3 unspecified atom stereocenters. The van der Waals surface area contributed by atoms with Gasteiger partial charge in [-0.1, -0.05) is 38.3 Å². The van der Waals surface area contributed by atoms with Gasteiger partial charge in [0.05, 0.1) is 6.10 Å². The summed E-state index contributed by atoms with van der Waals surface area (Å²) in [7, 11) is 0. The largest absolute Gasteiger partial charge is 0.392 e. The van der Waals surface area contributed by atoms with Crippen LogP contribution in [0.4, 0.5) is 0 Å². The molecule has 0 saturated heterocycles. The average Bonchev–Trinajstić information content (AvgIpc) is 2.46. The second-order valence-electron chi connectivity index (χ2n) is 5.51. The smallest absolute Gasteiger partial charge is 0.0662 e. The Morgan fingerprint density at radius 3 is 2.89 bits per heavy atom. The lowest BCUT2D eigenvalue weighted by Crippen LogP contribution is -2.28. The van der Waals surface area contributed by atoms with Crippen LogP contribution in [0, 0.1) is 11.8 Å². The molecule has 0 aliphatic heterocycles. The first-order chi connectivity index (χ1) is 9.20. The van der Waals surface area contributed by atoms with Gasteiger partial charge in [0.25, 0.3) is 0 Å². The highest BCUT2D eigenvalue weighted by Gasteiger charge is 2.26. The van der Waals surface area contributed by atoms with Gasteiger partial charge in [0, 0.05) is 15.1 Å². The monoisotopic (exact) mass is 342 g/mol. The predicted molar refractivity (Wildman–Crippen MR) is 86.6 cm³/mol. The van der Waals surface area contributed by atoms with Gasteiger partial charge in [-0.3, -0.25) is 0 Å². The Balaban J connectivity index is 1.84. The molecule has 1 aliphatic rings. The second kappa shape index (κ2) is 7.70. The van der Waals surface area contributed by atoms with E-state index in [2.05, 4.69) is 35.0 Å². The summed E-state index contributed by atoms with van der Waals surface area (Å²) in [6, 6.07) is 8.24. The summed E-state index contributed by atoms with van der Waals surface area (Å²) < 4.78 is 1.13. The Kier molecular flexibility index (Phi) is 6.24. The molecule has 1 aromatic rings. The zero-order valence-electron chi connectivity index (χ0n) is 11.5. The molecule has 1 fully saturated rings. The number of rotatable bonds is 5. The van der Waals surface area contributed by atoms with Crippen LogP contribution in [0.25, 0.3) is 0 Å². The molecule has 0 heterocycles. The Morgan fingerprint density at radius 1 is 1.37 bits per heavy atom. The zero-order chi connectivity index (χ0) is 13.7. The van der Waals surface area contributed by atoms with Gasteiger partial charge in [-0.2, -0.15) is 0 Å². The van der Waals surface area contributed by atoms with Crippen LogP contribution in [-0.2, 0) is 0 Å². The Morgan fingerprint density at radius 2 is 2.16 bits per heavy atom. The van der Waals surface area contributed by atoms with E-state index in [1.165, 1.54) is 37.0 Å². The third kappa shape index (κ3) is 4.51. The molecule has 0 spiro atoms. The van der Waals surface area contributed by atoms with E-state index in [1.807, 2.05) is 12.1 Å². The molecule has 0 aromatic heterocycles. The normalized spacial score (nSPS) is 25.2. The first kappa shape index (κ1) is 15.4. The van der Waals surface area contributed by atoms with Gasteiger partial charge in [0.1, 0.15) is 0 Å². The third-order valence-corrected chi connectivity index (χ3v) is 6.32. The standard InChI is InChI=1S/C16H23BrOS/c1-2-12-6-5-7-13(10-12)15(18)11-19-16-9-4-3-8-14(16)17/h3-4,8-9,12-13,15,18H,2,5-7,10-11H2,1H3. The van der Waals surface area contributed by atoms with Crippen LogP contribution in [0.5, 0.6) is 0 Å². The predicted octanol–water partition coefficient (Wildman–Crippen LogP) is 5.12. The topological polar surface area (TPSA) is 20.2 Å². The van der Waals surface area contributed by atoms with Crippen LogP contribution in [-0.4, -0.2) is 17.0 Å². The number of aliphatic hydroxyl groups is 1. The maximum Gasteiger partial charge on any atom is 0.0662 e. The van der Waals surface area contributed by atoms with E-state index >= 15 is 0 Å². The van der Waals surface area contributed by atoms with Crippen molar-refractivity contribution < 1.29 is 5.11 Å². The van der Waals surface area contributed by atoms with Gasteiger partial charge in [-0.25, -0.2) is 0 Å². The van der Waals surface area contributed by atoms with E-state index in [1.54, 1.807) is 11.8 Å². The number of hydrogen-bond donors (Lipinski definition) is 1. The van der Waals surface area contributed by atoms with Crippen LogP contribution in [0.2, 0.25) is 0 Å². The first-order valence-electron chi connectivity index (χ1n) is 7.26. The summed E-state index contributed by atoms with van der Waals surface area (Å²) in [5, 5.41) is 10.4. The minimum absolute atomic E-state index is 0.161. The maximum absolute atomic E-state index is 10.4. The van der Waals surface area contributed by atoms with Crippen LogP contribution in [0.3, 0.4) is 0 Å². The highest BCUT2D eigenvalue weighted by molar-refractivity contribution is 9.10. The lowest BCUT2D eigenvalue weighted by molar-refractivity contribution is 0.0862. The molecule has 1 aliphatic carbocycles. The maximum atomic E-state index is 10.4. The molecule has 1 saturated carbocycles. The summed E-state index contributed by atoms with van der Waals surface area (Å²) >= 11 is 5.32. The third-order valence-electron chi connectivity index (χ3n) is 4.19. The van der Waals surface area contributed by atoms with Crippen molar-refractivity contribution in [1.29, 1.82) is 0 Å². The molecule has 19 heavy (non-hydrogen) atoms. The van der Waals surface area contributed by atoms with Crippen molar-refractivity contribution in [2.45, 2.75) is 50.0 Å². The van der Waals surface area contributed by atoms with Crippen molar-refractivity contribution in [2.75, 3.05) is 5.75 Å². The molecule has 0 bridgehead atoms. The molecule has 3 atom stereocenters. The van der Waals surface area contributed by atoms with E-state index in [0.29, 0.717) is 5.92 Å². The molecule has 1 N–H and O–H groups in total. The Bertz CT molecular complexity index is 396. The van der Waals surface area contributed by atoms with E-state index < -0.39 is 0 Å². The van der Waals surface area contributed by atoms with Crippen molar-refractivity contribution in [1.82, 2.24) is 0 Å². The number of aliphatic hydroxyl groups excluding tert-OH is 1. The van der Waals surface area contributed by atoms with Crippen molar-refractivity contribution in [3.05, 3.63) is 28.7 Å². The van der Waals surface area contributed by atoms with E-state index in [9.17, 15) is 5.11 Å². The summed E-state index contributed by atoms with van der Waals surface area (Å²) in [5.41, 5.74) is 0. The highest BCUT2D eigenvalue weighted by Crippen LogP contribution is 2.35. The number of benzene rings is 1. The van der Waals surface area contributed by atoms with Gasteiger partial charge in [0.2, 0.25) is 0 Å². The van der Waals surface area contributed by atoms with Gasteiger partial charge in [0.15, 0.2) is 0 Å². The van der Waals surface area contributed by atoms with Crippen molar-refractivity contribution in [2.24, 2.45) is 11.8 Å². The quantitative estimate of drug-likeness (QED) is 0.749. The van der Waals surface area contributed by atoms with E-state index in [0.717, 1.165) is 16.1 Å². The fourth-order valence-corrected chi connectivity index (χ4v) is 4.56. The molecule has 0 radical (unpaired) electrons. The van der Waals surface area contributed by atoms with Crippen LogP contribution < -0.4 is 0 Å². The van der Waals surface area contributed by atoms with Crippen LogP contribution in [0.15, 0.2) is 33.6 Å². The van der Waals surface area contributed by atoms with Gasteiger partial charge in [-0.05, 0) is 52.7 Å². The minimum Gasteiger partial charge on any atom is -0.392 e. The van der Waals surface area contributed by atoms with Crippen molar-refractivity contribution >= 4 is 27.7 Å². The lowest BCUT2D eigenvalue weighted by Gasteiger charge is -2.31. The molecule has 2 rings (SSSR count). The van der Waals surface area contributed by atoms with Gasteiger partial charge < -0.3 is 5.11 Å². The molecule has 106 valence electrons. The second-order valence-corrected chi connectivity index (χ2v) is 7.43. The minimum atomic E-state index is -0.161. The van der Waals surface area contributed by atoms with Crippen molar-refractivity contribution in [3.8, 4) is 0 Å². The lowest BCUT2D eigenvalue weighted by atomic mass is 9.78. The fourth-order valence-electron chi connectivity index (χ4n) is 2.93. The van der Waals surface area contributed by atoms with Gasteiger partial charge >= 0.3 is 0 Å². The van der Waals surface area contributed by atoms with Crippen molar-refractivity contribution in [3.63, 3.8) is 0 Å². The SMILES string of the molecule is CCC1CCCC(C(O)CSc2ccccc2Br)C1. The molecular formula is C16H23BrOS. The number of thioether (sulfide) groups is 1. The summed E-state index contributed by atoms with van der Waals surface area (Å²) in [6.45, 7) is 2.27. The molecule has 0 amide bonds. The number of hydrogen-bond acceptors (Lipinski definition) is 2. The highest BCUT2D eigenvalue weighted by atomic mass is 79.9. The molecule has 3 heteroatoms. The fraction of sp³-hybridized carbons (Fsp3) is 0.625. The summed E-state index contributed by atoms with van der Waals surface area (Å²) in [6.07, 6.45) is 6.17. The Labute approximate surface area is 129 Å². The van der Waals surface area contributed by atoms with E-state index in [-0.39, 0.29) is 6.10 Å². The summed E-state index contributed by atoms with van der Waals surface area (Å²) in [5.74, 6) is 2.15. The van der Waals surface area contributed by atoms with Crippen LogP contribution in [0.1, 0.15) is 39.0 Å². The average molecular weight is 343 g/mol. The number of halogens is 1. The molecule has 1 nitrogen and oxygen atoms in total. The Hall–Kier alpha value is 0.01000. The first-order valence-corrected chi connectivity index (χ1v) is 9.04. The summed E-state index contributed by atoms with van der Waals surface area (Å²) in [4.78, 5) is 1.23.